The minimum Gasteiger partial charge on any atom is -0.361 e. The van der Waals surface area contributed by atoms with Crippen LogP contribution in [-0.2, 0) is 18.3 Å². The van der Waals surface area contributed by atoms with Crippen LogP contribution in [0.1, 0.15) is 40.3 Å². The van der Waals surface area contributed by atoms with Crippen molar-refractivity contribution in [3.63, 3.8) is 0 Å². The maximum atomic E-state index is 12.9. The van der Waals surface area contributed by atoms with E-state index in [1.165, 1.54) is 0 Å². The molecule has 3 N–H and O–H groups in total. The normalized spacial score (nSPS) is 12.3. The Morgan fingerprint density at radius 1 is 1.09 bits per heavy atom. The van der Waals surface area contributed by atoms with Gasteiger partial charge in [0.15, 0.2) is 0 Å². The Kier molecular flexibility index (Phi) is 5.99. The lowest BCUT2D eigenvalue weighted by Crippen LogP contribution is -2.29. The van der Waals surface area contributed by atoms with Crippen LogP contribution in [0.3, 0.4) is 0 Å². The van der Waals surface area contributed by atoms with E-state index >= 15 is 0 Å². The first kappa shape index (κ1) is 22.7. The van der Waals surface area contributed by atoms with Crippen molar-refractivity contribution >= 4 is 27.8 Å². The van der Waals surface area contributed by atoms with Gasteiger partial charge in [0, 0.05) is 54.0 Å². The summed E-state index contributed by atoms with van der Waals surface area (Å²) >= 11 is 0. The van der Waals surface area contributed by atoms with E-state index in [1.807, 2.05) is 57.4 Å². The molecule has 3 aromatic heterocycles. The van der Waals surface area contributed by atoms with Crippen LogP contribution in [0.5, 0.6) is 0 Å². The Bertz CT molecular complexity index is 1580. The number of rotatable bonds is 7. The van der Waals surface area contributed by atoms with E-state index in [1.54, 1.807) is 4.68 Å². The number of aryl methyl sites for hydroxylation is 3. The number of H-pyrrole nitrogens is 2. The zero-order chi connectivity index (χ0) is 24.5. The van der Waals surface area contributed by atoms with Crippen molar-refractivity contribution in [3.05, 3.63) is 99.1 Å². The van der Waals surface area contributed by atoms with Crippen molar-refractivity contribution in [3.8, 4) is 0 Å². The zero-order valence-electron chi connectivity index (χ0n) is 20.2. The van der Waals surface area contributed by atoms with Gasteiger partial charge < -0.3 is 15.3 Å². The van der Waals surface area contributed by atoms with Gasteiger partial charge >= 0.3 is 0 Å². The molecule has 35 heavy (non-hydrogen) atoms. The molecule has 0 radical (unpaired) electrons. The molecule has 7 heteroatoms. The maximum Gasteiger partial charge on any atom is 0.253 e. The van der Waals surface area contributed by atoms with Gasteiger partial charge in [-0.2, -0.15) is 5.10 Å². The van der Waals surface area contributed by atoms with Crippen molar-refractivity contribution < 1.29 is 4.79 Å². The zero-order valence-corrected chi connectivity index (χ0v) is 20.2. The molecule has 2 aromatic carbocycles. The number of pyridine rings is 1. The molecule has 5 aromatic rings. The standard InChI is InChI=1S/C28H29N5O2/c1-17-20(28(35)31-27-26(17)18(2)32-33(27)3)13-14-25(34)30-15-22(19-9-5-4-6-10-19)23-16-29-24-12-8-7-11-21(23)24/h4-12,16,22,29H,13-15H2,1-3H3,(H,30,34)(H,31,35). The minimum absolute atomic E-state index is 0.0100. The summed E-state index contributed by atoms with van der Waals surface area (Å²) in [6, 6.07) is 18.4. The van der Waals surface area contributed by atoms with Gasteiger partial charge in [-0.3, -0.25) is 14.3 Å². The molecule has 0 spiro atoms. The molecule has 5 rings (SSSR count). The number of nitrogens with zero attached hydrogens (tertiary/aromatic N) is 2. The molecule has 0 bridgehead atoms. The summed E-state index contributed by atoms with van der Waals surface area (Å²) in [5.74, 6) is -0.0663. The van der Waals surface area contributed by atoms with Crippen molar-refractivity contribution in [2.24, 2.45) is 7.05 Å². The van der Waals surface area contributed by atoms with E-state index in [0.29, 0.717) is 24.2 Å². The summed E-state index contributed by atoms with van der Waals surface area (Å²) in [7, 11) is 1.81. The van der Waals surface area contributed by atoms with E-state index < -0.39 is 0 Å². The fraction of sp³-hybridized carbons (Fsp3) is 0.250. The summed E-state index contributed by atoms with van der Waals surface area (Å²) in [4.78, 5) is 31.9. The smallest absolute Gasteiger partial charge is 0.253 e. The second-order valence-corrected chi connectivity index (χ2v) is 9.05. The fourth-order valence-electron chi connectivity index (χ4n) is 5.07. The lowest BCUT2D eigenvalue weighted by atomic mass is 9.91. The van der Waals surface area contributed by atoms with E-state index in [4.69, 9.17) is 0 Å². The lowest BCUT2D eigenvalue weighted by molar-refractivity contribution is -0.121. The topological polar surface area (TPSA) is 95.6 Å². The van der Waals surface area contributed by atoms with Crippen LogP contribution in [0.2, 0.25) is 0 Å². The number of aromatic amines is 2. The van der Waals surface area contributed by atoms with Gasteiger partial charge in [-0.25, -0.2) is 0 Å². The van der Waals surface area contributed by atoms with Gasteiger partial charge in [-0.15, -0.1) is 0 Å². The second-order valence-electron chi connectivity index (χ2n) is 9.05. The Morgan fingerprint density at radius 2 is 1.83 bits per heavy atom. The van der Waals surface area contributed by atoms with Gasteiger partial charge in [-0.1, -0.05) is 48.5 Å². The predicted octanol–water partition coefficient (Wildman–Crippen LogP) is 4.24. The minimum atomic E-state index is -0.160. The quantitative estimate of drug-likeness (QED) is 0.334. The monoisotopic (exact) mass is 467 g/mol. The number of fused-ring (bicyclic) bond motifs is 2. The summed E-state index contributed by atoms with van der Waals surface area (Å²) in [5.41, 5.74) is 6.31. The average Bonchev–Trinajstić information content (AvgIpc) is 3.40. The first-order chi connectivity index (χ1) is 16.9. The van der Waals surface area contributed by atoms with E-state index in [9.17, 15) is 9.59 Å². The Hall–Kier alpha value is -4.13. The van der Waals surface area contributed by atoms with Gasteiger partial charge in [0.25, 0.3) is 5.56 Å². The Morgan fingerprint density at radius 3 is 2.63 bits per heavy atom. The highest BCUT2D eigenvalue weighted by Gasteiger charge is 2.20. The molecule has 1 amide bonds. The highest BCUT2D eigenvalue weighted by atomic mass is 16.1. The first-order valence-electron chi connectivity index (χ1n) is 11.9. The predicted molar refractivity (Wildman–Crippen MR) is 139 cm³/mol. The molecule has 1 unspecified atom stereocenters. The van der Waals surface area contributed by atoms with Crippen LogP contribution in [0.15, 0.2) is 65.6 Å². The summed E-state index contributed by atoms with van der Waals surface area (Å²) in [6.45, 7) is 4.33. The number of carbonyl (C=O) groups is 1. The highest BCUT2D eigenvalue weighted by Crippen LogP contribution is 2.30. The first-order valence-corrected chi connectivity index (χ1v) is 11.9. The van der Waals surface area contributed by atoms with Crippen LogP contribution >= 0.6 is 0 Å². The maximum absolute atomic E-state index is 12.9. The van der Waals surface area contributed by atoms with Crippen LogP contribution in [0.25, 0.3) is 21.9 Å². The van der Waals surface area contributed by atoms with Crippen LogP contribution in [0.4, 0.5) is 0 Å². The molecule has 0 aliphatic carbocycles. The molecule has 0 saturated carbocycles. The lowest BCUT2D eigenvalue weighted by Gasteiger charge is -2.18. The number of nitrogens with one attached hydrogen (secondary N) is 3. The number of carbonyl (C=O) groups excluding carboxylic acids is 1. The van der Waals surface area contributed by atoms with Crippen molar-refractivity contribution in [2.75, 3.05) is 6.54 Å². The summed E-state index contributed by atoms with van der Waals surface area (Å²) in [6.07, 6.45) is 2.65. The third-order valence-corrected chi connectivity index (χ3v) is 6.86. The fourth-order valence-corrected chi connectivity index (χ4v) is 5.07. The average molecular weight is 468 g/mol. The number of aromatic nitrogens is 4. The van der Waals surface area contributed by atoms with E-state index in [-0.39, 0.29) is 23.8 Å². The third kappa shape index (κ3) is 4.25. The van der Waals surface area contributed by atoms with Crippen molar-refractivity contribution in [2.45, 2.75) is 32.6 Å². The number of hydrogen-bond donors (Lipinski definition) is 3. The van der Waals surface area contributed by atoms with Crippen LogP contribution in [0, 0.1) is 13.8 Å². The Labute approximate surface area is 203 Å². The third-order valence-electron chi connectivity index (χ3n) is 6.86. The number of hydrogen-bond acceptors (Lipinski definition) is 3. The van der Waals surface area contributed by atoms with Crippen molar-refractivity contribution in [1.82, 2.24) is 25.1 Å². The van der Waals surface area contributed by atoms with Gasteiger partial charge in [0.2, 0.25) is 5.91 Å². The highest BCUT2D eigenvalue weighted by molar-refractivity contribution is 5.85. The van der Waals surface area contributed by atoms with Gasteiger partial charge in [0.05, 0.1) is 5.69 Å². The molecular weight excluding hydrogens is 438 g/mol. The second kappa shape index (κ2) is 9.25. The van der Waals surface area contributed by atoms with E-state index in [0.717, 1.165) is 38.7 Å². The molecule has 3 heterocycles. The van der Waals surface area contributed by atoms with Gasteiger partial charge in [-0.05, 0) is 43.0 Å². The molecular formula is C28H29N5O2. The summed E-state index contributed by atoms with van der Waals surface area (Å²) in [5, 5.41) is 9.63. The molecule has 0 fully saturated rings. The van der Waals surface area contributed by atoms with Gasteiger partial charge in [0.1, 0.15) is 5.65 Å². The SMILES string of the molecule is Cc1nn(C)c2[nH]c(=O)c(CCC(=O)NCC(c3ccccc3)c3c[nH]c4ccccc34)c(C)c12. The Balaban J connectivity index is 1.34. The molecule has 0 aliphatic heterocycles. The van der Waals surface area contributed by atoms with E-state index in [2.05, 4.69) is 44.6 Å². The largest absolute Gasteiger partial charge is 0.361 e. The molecule has 1 atom stereocenters. The molecule has 0 saturated heterocycles. The molecule has 7 nitrogen and oxygen atoms in total. The van der Waals surface area contributed by atoms with Crippen LogP contribution in [-0.4, -0.2) is 32.2 Å². The number of amides is 1. The molecule has 178 valence electrons. The van der Waals surface area contributed by atoms with Crippen molar-refractivity contribution in [1.29, 1.82) is 0 Å². The van der Waals surface area contributed by atoms with Crippen LogP contribution < -0.4 is 10.9 Å². The number of para-hydroxylation sites is 1. The summed E-state index contributed by atoms with van der Waals surface area (Å²) < 4.78 is 1.68. The number of benzene rings is 2. The molecule has 0 aliphatic rings.